The zero-order chi connectivity index (χ0) is 20.8. The van der Waals surface area contributed by atoms with Crippen LogP contribution >= 0.6 is 0 Å². The van der Waals surface area contributed by atoms with E-state index in [4.69, 9.17) is 9.84 Å². The number of hydrogen-bond acceptors (Lipinski definition) is 3. The van der Waals surface area contributed by atoms with Crippen LogP contribution in [0.4, 0.5) is 0 Å². The highest BCUT2D eigenvalue weighted by Gasteiger charge is 2.13. The average molecular weight is 400 g/mol. The summed E-state index contributed by atoms with van der Waals surface area (Å²) in [7, 11) is 4.17. The van der Waals surface area contributed by atoms with Crippen LogP contribution in [0.5, 0.6) is 5.88 Å². The Morgan fingerprint density at radius 2 is 1.53 bits per heavy atom. The number of ether oxygens (including phenoxy) is 1. The number of benzene rings is 3. The Bertz CT molecular complexity index is 1070. The predicted octanol–water partition coefficient (Wildman–Crippen LogP) is 5.01. The second kappa shape index (κ2) is 9.59. The van der Waals surface area contributed by atoms with E-state index in [9.17, 15) is 0 Å². The molecule has 0 amide bonds. The van der Waals surface area contributed by atoms with Crippen LogP contribution in [0.25, 0.3) is 10.9 Å². The molecule has 154 valence electrons. The van der Waals surface area contributed by atoms with Gasteiger partial charge in [0.25, 0.3) is 0 Å². The minimum Gasteiger partial charge on any atom is -0.476 e. The number of fused-ring (bicyclic) bond motifs is 1. The van der Waals surface area contributed by atoms with Crippen molar-refractivity contribution in [2.75, 3.05) is 27.2 Å². The summed E-state index contributed by atoms with van der Waals surface area (Å²) < 4.78 is 8.19. The molecule has 4 nitrogen and oxygen atoms in total. The minimum atomic E-state index is 0.665. The Morgan fingerprint density at radius 3 is 2.23 bits per heavy atom. The lowest BCUT2D eigenvalue weighted by Crippen LogP contribution is -2.15. The maximum absolute atomic E-state index is 6.13. The van der Waals surface area contributed by atoms with Crippen LogP contribution in [0.2, 0.25) is 0 Å². The second-order valence-corrected chi connectivity index (χ2v) is 7.97. The van der Waals surface area contributed by atoms with Gasteiger partial charge in [0.15, 0.2) is 0 Å². The van der Waals surface area contributed by atoms with Gasteiger partial charge < -0.3 is 9.64 Å². The van der Waals surface area contributed by atoms with E-state index < -0.39 is 0 Å². The standard InChI is InChI=1S/C26H29N3O/c1-28(2)16-9-17-30-26-24-19-23(18-21-10-5-3-6-11-21)14-15-25(24)29(27-26)20-22-12-7-4-8-13-22/h3-8,10-15,19H,9,16-18,20H2,1-2H3. The van der Waals surface area contributed by atoms with Gasteiger partial charge in [-0.05, 0) is 55.8 Å². The van der Waals surface area contributed by atoms with E-state index in [0.29, 0.717) is 6.61 Å². The maximum Gasteiger partial charge on any atom is 0.240 e. The molecular weight excluding hydrogens is 370 g/mol. The molecule has 3 aromatic carbocycles. The average Bonchev–Trinajstić information content (AvgIpc) is 3.09. The lowest BCUT2D eigenvalue weighted by Gasteiger charge is -2.09. The fraction of sp³-hybridized carbons (Fsp3) is 0.269. The fourth-order valence-electron chi connectivity index (χ4n) is 3.67. The van der Waals surface area contributed by atoms with Crippen molar-refractivity contribution in [3.05, 3.63) is 95.6 Å². The second-order valence-electron chi connectivity index (χ2n) is 7.97. The van der Waals surface area contributed by atoms with Crippen molar-refractivity contribution in [2.24, 2.45) is 0 Å². The number of rotatable bonds is 9. The van der Waals surface area contributed by atoms with Crippen molar-refractivity contribution < 1.29 is 4.74 Å². The summed E-state index contributed by atoms with van der Waals surface area (Å²) in [6.07, 6.45) is 1.88. The third kappa shape index (κ3) is 5.08. The summed E-state index contributed by atoms with van der Waals surface area (Å²) in [6, 6.07) is 27.6. The van der Waals surface area contributed by atoms with E-state index in [2.05, 4.69) is 96.5 Å². The predicted molar refractivity (Wildman–Crippen MR) is 123 cm³/mol. The van der Waals surface area contributed by atoms with E-state index in [-0.39, 0.29) is 0 Å². The Morgan fingerprint density at radius 1 is 0.833 bits per heavy atom. The van der Waals surface area contributed by atoms with E-state index in [1.807, 2.05) is 6.07 Å². The molecule has 0 fully saturated rings. The van der Waals surface area contributed by atoms with Gasteiger partial charge in [-0.2, -0.15) is 0 Å². The molecule has 0 N–H and O–H groups in total. The summed E-state index contributed by atoms with van der Waals surface area (Å²) in [4.78, 5) is 2.17. The molecule has 0 unspecified atom stereocenters. The molecule has 1 heterocycles. The topological polar surface area (TPSA) is 30.3 Å². The van der Waals surface area contributed by atoms with Crippen molar-refractivity contribution >= 4 is 10.9 Å². The minimum absolute atomic E-state index is 0.665. The third-order valence-corrected chi connectivity index (χ3v) is 5.20. The quantitative estimate of drug-likeness (QED) is 0.371. The summed E-state index contributed by atoms with van der Waals surface area (Å²) in [5.41, 5.74) is 4.92. The van der Waals surface area contributed by atoms with Crippen molar-refractivity contribution in [1.29, 1.82) is 0 Å². The molecule has 0 saturated heterocycles. The monoisotopic (exact) mass is 399 g/mol. The first kappa shape index (κ1) is 20.2. The van der Waals surface area contributed by atoms with Crippen molar-refractivity contribution in [2.45, 2.75) is 19.4 Å². The summed E-state index contributed by atoms with van der Waals surface area (Å²) >= 11 is 0. The molecule has 4 heteroatoms. The van der Waals surface area contributed by atoms with Gasteiger partial charge in [-0.1, -0.05) is 66.7 Å². The van der Waals surface area contributed by atoms with Crippen LogP contribution in [0, 0.1) is 0 Å². The highest BCUT2D eigenvalue weighted by atomic mass is 16.5. The fourth-order valence-corrected chi connectivity index (χ4v) is 3.67. The van der Waals surface area contributed by atoms with Gasteiger partial charge in [0.05, 0.1) is 24.1 Å². The smallest absolute Gasteiger partial charge is 0.240 e. The van der Waals surface area contributed by atoms with Gasteiger partial charge in [-0.15, -0.1) is 5.10 Å². The van der Waals surface area contributed by atoms with E-state index in [1.165, 1.54) is 16.7 Å². The van der Waals surface area contributed by atoms with E-state index in [0.717, 1.165) is 42.7 Å². The lowest BCUT2D eigenvalue weighted by molar-refractivity contribution is 0.273. The molecule has 0 aliphatic heterocycles. The van der Waals surface area contributed by atoms with Crippen molar-refractivity contribution in [3.8, 4) is 5.88 Å². The normalized spacial score (nSPS) is 11.3. The summed E-state index contributed by atoms with van der Waals surface area (Å²) in [5.74, 6) is 0.731. The molecule has 0 aliphatic rings. The first-order valence-corrected chi connectivity index (χ1v) is 10.5. The van der Waals surface area contributed by atoms with Gasteiger partial charge in [-0.25, -0.2) is 0 Å². The number of aromatic nitrogens is 2. The molecule has 0 bridgehead atoms. The van der Waals surface area contributed by atoms with Crippen LogP contribution < -0.4 is 4.74 Å². The van der Waals surface area contributed by atoms with Crippen LogP contribution in [-0.4, -0.2) is 41.9 Å². The van der Waals surface area contributed by atoms with Gasteiger partial charge in [0.1, 0.15) is 0 Å². The molecule has 1 aromatic heterocycles. The van der Waals surface area contributed by atoms with E-state index >= 15 is 0 Å². The molecule has 4 rings (SSSR count). The third-order valence-electron chi connectivity index (χ3n) is 5.20. The highest BCUT2D eigenvalue weighted by molar-refractivity contribution is 5.85. The van der Waals surface area contributed by atoms with Gasteiger partial charge in [0.2, 0.25) is 5.88 Å². The van der Waals surface area contributed by atoms with E-state index in [1.54, 1.807) is 0 Å². The summed E-state index contributed by atoms with van der Waals surface area (Å²) in [6.45, 7) is 2.40. The van der Waals surface area contributed by atoms with Gasteiger partial charge in [0, 0.05) is 6.54 Å². The Balaban J connectivity index is 1.62. The maximum atomic E-state index is 6.13. The largest absolute Gasteiger partial charge is 0.476 e. The Labute approximate surface area is 178 Å². The molecule has 0 radical (unpaired) electrons. The molecule has 30 heavy (non-hydrogen) atoms. The molecule has 4 aromatic rings. The number of nitrogens with zero attached hydrogens (tertiary/aromatic N) is 3. The van der Waals surface area contributed by atoms with Gasteiger partial charge >= 0.3 is 0 Å². The van der Waals surface area contributed by atoms with Gasteiger partial charge in [-0.3, -0.25) is 4.68 Å². The molecule has 0 atom stereocenters. The highest BCUT2D eigenvalue weighted by Crippen LogP contribution is 2.28. The molecule has 0 aliphatic carbocycles. The van der Waals surface area contributed by atoms with Crippen molar-refractivity contribution in [1.82, 2.24) is 14.7 Å². The molecule has 0 spiro atoms. The van der Waals surface area contributed by atoms with Crippen LogP contribution in [0.15, 0.2) is 78.9 Å². The van der Waals surface area contributed by atoms with Crippen LogP contribution in [0.3, 0.4) is 0 Å². The number of hydrogen-bond donors (Lipinski definition) is 0. The Kier molecular flexibility index (Phi) is 6.45. The van der Waals surface area contributed by atoms with Crippen LogP contribution in [-0.2, 0) is 13.0 Å². The summed E-state index contributed by atoms with van der Waals surface area (Å²) in [5, 5.41) is 5.92. The van der Waals surface area contributed by atoms with Crippen molar-refractivity contribution in [3.63, 3.8) is 0 Å². The molecular formula is C26H29N3O. The molecule has 0 saturated carbocycles. The first-order chi connectivity index (χ1) is 14.7. The zero-order valence-corrected chi connectivity index (χ0v) is 17.8. The first-order valence-electron chi connectivity index (χ1n) is 10.5. The lowest BCUT2D eigenvalue weighted by atomic mass is 10.0. The zero-order valence-electron chi connectivity index (χ0n) is 17.8. The SMILES string of the molecule is CN(C)CCCOc1nn(Cc2ccccc2)c2ccc(Cc3ccccc3)cc12. The Hall–Kier alpha value is -3.11. The van der Waals surface area contributed by atoms with Crippen LogP contribution in [0.1, 0.15) is 23.1 Å².